The summed E-state index contributed by atoms with van der Waals surface area (Å²) in [5.74, 6) is 0.748. The standard InChI is InChI=1S/C11H19Si.2ClH.Hf/c1-9(2)10-6-7-11(8-10)12(3,4)5;;;/h8-9H,6H2,1-5H3;2*1H;. The van der Waals surface area contributed by atoms with Crippen LogP contribution in [0, 0.1) is 5.92 Å². The predicted octanol–water partition coefficient (Wildman–Crippen LogP) is 4.49. The Kier molecular flexibility index (Phi) is 8.37. The van der Waals surface area contributed by atoms with Crippen molar-refractivity contribution in [3.8, 4) is 0 Å². The molecule has 0 saturated heterocycles. The molecule has 0 unspecified atom stereocenters. The van der Waals surface area contributed by atoms with Crippen molar-refractivity contribution in [1.82, 2.24) is 0 Å². The molecule has 0 nitrogen and oxygen atoms in total. The Balaban J connectivity index is 0. The van der Waals surface area contributed by atoms with E-state index in [-0.39, 0.29) is 24.8 Å². The molecule has 15 heavy (non-hydrogen) atoms. The minimum absolute atomic E-state index is 0. The van der Waals surface area contributed by atoms with Crippen molar-refractivity contribution in [3.05, 3.63) is 20.2 Å². The quantitative estimate of drug-likeness (QED) is 0.566. The first-order valence-electron chi connectivity index (χ1n) is 4.98. The zero-order valence-electron chi connectivity index (χ0n) is 10.2. The van der Waals surface area contributed by atoms with Crippen LogP contribution in [0.25, 0.3) is 0 Å². The maximum atomic E-state index is 2.51. The first-order chi connectivity index (χ1) is 5.82. The SMILES string of the molecule is CC(C)C1=CC([Si](C)(C)C)=[C]([Hf])C1.Cl.Cl. The Hall–Kier alpha value is 1.15. The third-order valence-corrected chi connectivity index (χ3v) is 7.15. The van der Waals surface area contributed by atoms with Gasteiger partial charge in [0.25, 0.3) is 0 Å². The van der Waals surface area contributed by atoms with Crippen molar-refractivity contribution in [1.29, 1.82) is 0 Å². The monoisotopic (exact) mass is 431 g/mol. The van der Waals surface area contributed by atoms with E-state index in [1.54, 1.807) is 14.1 Å². The molecular weight excluding hydrogens is 410 g/mol. The second-order valence-electron chi connectivity index (χ2n) is 5.19. The van der Waals surface area contributed by atoms with Crippen LogP contribution >= 0.6 is 24.8 Å². The number of hydrogen-bond acceptors (Lipinski definition) is 0. The first kappa shape index (κ1) is 18.5. The molecule has 0 fully saturated rings. The zero-order valence-corrected chi connectivity index (χ0v) is 16.4. The molecule has 0 radical (unpaired) electrons. The summed E-state index contributed by atoms with van der Waals surface area (Å²) in [5, 5.41) is 1.75. The maximum absolute atomic E-state index is 2.51. The molecule has 0 bridgehead atoms. The Labute approximate surface area is 122 Å². The fraction of sp³-hybridized carbons (Fsp3) is 0.636. The summed E-state index contributed by atoms with van der Waals surface area (Å²) in [6.45, 7) is 12.0. The van der Waals surface area contributed by atoms with E-state index in [1.807, 2.05) is 0 Å². The van der Waals surface area contributed by atoms with Gasteiger partial charge in [0.15, 0.2) is 0 Å². The molecule has 4 heteroatoms. The fourth-order valence-corrected chi connectivity index (χ4v) is 8.31. The molecule has 0 amide bonds. The van der Waals surface area contributed by atoms with Crippen molar-refractivity contribution in [3.63, 3.8) is 0 Å². The molecule has 87 valence electrons. The Morgan fingerprint density at radius 3 is 1.87 bits per heavy atom. The summed E-state index contributed by atoms with van der Waals surface area (Å²) in [7, 11) is -1.04. The van der Waals surface area contributed by atoms with Gasteiger partial charge >= 0.3 is 98.5 Å². The second-order valence-corrected chi connectivity index (χ2v) is 12.4. The summed E-state index contributed by atoms with van der Waals surface area (Å²) >= 11 is 1.26. The summed E-state index contributed by atoms with van der Waals surface area (Å²) in [4.78, 5) is 0. The van der Waals surface area contributed by atoms with Crippen molar-refractivity contribution in [2.45, 2.75) is 39.9 Å². The zero-order chi connectivity index (χ0) is 10.2. The van der Waals surface area contributed by atoms with Gasteiger partial charge in [-0.15, -0.1) is 24.8 Å². The van der Waals surface area contributed by atoms with Gasteiger partial charge in [-0.05, 0) is 0 Å². The summed E-state index contributed by atoms with van der Waals surface area (Å²) in [5.41, 5.74) is 1.67. The summed E-state index contributed by atoms with van der Waals surface area (Å²) in [6, 6.07) is 0. The van der Waals surface area contributed by atoms with Crippen LogP contribution in [0.2, 0.25) is 19.6 Å². The largest absolute Gasteiger partial charge is 0.147 e. The van der Waals surface area contributed by atoms with Gasteiger partial charge in [-0.1, -0.05) is 0 Å². The van der Waals surface area contributed by atoms with Crippen molar-refractivity contribution in [2.75, 3.05) is 0 Å². The van der Waals surface area contributed by atoms with Crippen LogP contribution in [0.3, 0.4) is 0 Å². The molecule has 0 atom stereocenters. The number of rotatable bonds is 2. The molecule has 1 aliphatic rings. The van der Waals surface area contributed by atoms with Gasteiger partial charge in [-0.2, -0.15) is 0 Å². The fourth-order valence-electron chi connectivity index (χ4n) is 1.66. The number of allylic oxidation sites excluding steroid dienone is 4. The Morgan fingerprint density at radius 2 is 1.67 bits per heavy atom. The number of hydrogen-bond donors (Lipinski definition) is 0. The molecule has 1 aliphatic carbocycles. The molecule has 0 spiro atoms. The topological polar surface area (TPSA) is 0 Å². The van der Waals surface area contributed by atoms with Gasteiger partial charge < -0.3 is 0 Å². The van der Waals surface area contributed by atoms with E-state index in [2.05, 4.69) is 39.6 Å². The van der Waals surface area contributed by atoms with Crippen LogP contribution in [0.15, 0.2) is 20.2 Å². The third kappa shape index (κ3) is 4.89. The van der Waals surface area contributed by atoms with Crippen molar-refractivity contribution >= 4 is 32.9 Å². The second kappa shape index (κ2) is 6.78. The molecule has 1 rings (SSSR count). The minimum atomic E-state index is -1.04. The molecule has 0 aromatic rings. The van der Waals surface area contributed by atoms with Gasteiger partial charge in [0.1, 0.15) is 0 Å². The average Bonchev–Trinajstić information content (AvgIpc) is 2.29. The first-order valence-corrected chi connectivity index (χ1v) is 10.3. The van der Waals surface area contributed by atoms with Crippen LogP contribution in [0.5, 0.6) is 0 Å². The van der Waals surface area contributed by atoms with Crippen LogP contribution in [0.4, 0.5) is 0 Å². The maximum Gasteiger partial charge on any atom is -0.147 e. The molecule has 0 N–H and O–H groups in total. The average molecular weight is 431 g/mol. The van der Waals surface area contributed by atoms with Crippen molar-refractivity contribution < 1.29 is 24.4 Å². The van der Waals surface area contributed by atoms with Crippen LogP contribution in [0.1, 0.15) is 20.3 Å². The van der Waals surface area contributed by atoms with E-state index in [1.165, 1.54) is 30.8 Å². The van der Waals surface area contributed by atoms with E-state index in [9.17, 15) is 0 Å². The molecule has 0 aromatic carbocycles. The van der Waals surface area contributed by atoms with Crippen LogP contribution in [-0.4, -0.2) is 8.07 Å². The van der Waals surface area contributed by atoms with Gasteiger partial charge in [0.05, 0.1) is 0 Å². The predicted molar refractivity (Wildman–Crippen MR) is 72.4 cm³/mol. The minimum Gasteiger partial charge on any atom is -0.147 e. The van der Waals surface area contributed by atoms with E-state index in [4.69, 9.17) is 0 Å². The van der Waals surface area contributed by atoms with Gasteiger partial charge in [-0.25, -0.2) is 0 Å². The summed E-state index contributed by atoms with van der Waals surface area (Å²) in [6.07, 6.45) is 3.81. The van der Waals surface area contributed by atoms with E-state index < -0.39 is 8.07 Å². The van der Waals surface area contributed by atoms with E-state index in [0.717, 1.165) is 5.92 Å². The van der Waals surface area contributed by atoms with Crippen LogP contribution < -0.4 is 0 Å². The molecular formula is C11H21Cl2HfSi. The smallest absolute Gasteiger partial charge is 0.147 e. The van der Waals surface area contributed by atoms with Crippen LogP contribution in [-0.2, 0) is 24.4 Å². The van der Waals surface area contributed by atoms with E-state index in [0.29, 0.717) is 0 Å². The van der Waals surface area contributed by atoms with Gasteiger partial charge in [0, 0.05) is 0 Å². The molecule has 0 aliphatic heterocycles. The van der Waals surface area contributed by atoms with Gasteiger partial charge in [0.2, 0.25) is 0 Å². The summed E-state index contributed by atoms with van der Waals surface area (Å²) < 4.78 is 1.77. The normalized spacial score (nSPS) is 15.9. The Morgan fingerprint density at radius 1 is 1.20 bits per heavy atom. The third-order valence-electron chi connectivity index (χ3n) is 2.59. The van der Waals surface area contributed by atoms with Crippen molar-refractivity contribution in [2.24, 2.45) is 5.92 Å². The molecule has 0 saturated carbocycles. The molecule has 0 aromatic heterocycles. The van der Waals surface area contributed by atoms with E-state index >= 15 is 0 Å². The van der Waals surface area contributed by atoms with Gasteiger partial charge in [-0.3, -0.25) is 0 Å². The molecule has 0 heterocycles. The number of halogens is 2. The Bertz CT molecular complexity index is 275.